The van der Waals surface area contributed by atoms with E-state index in [1.165, 1.54) is 17.7 Å². The summed E-state index contributed by atoms with van der Waals surface area (Å²) in [6.07, 6.45) is 8.49. The van der Waals surface area contributed by atoms with Gasteiger partial charge >= 0.3 is 0 Å². The van der Waals surface area contributed by atoms with Crippen molar-refractivity contribution in [3.05, 3.63) is 23.2 Å². The van der Waals surface area contributed by atoms with Gasteiger partial charge in [-0.25, -0.2) is 4.98 Å². The van der Waals surface area contributed by atoms with Gasteiger partial charge in [0.25, 0.3) is 0 Å². The molecule has 2 fully saturated rings. The lowest BCUT2D eigenvalue weighted by molar-refractivity contribution is -0.144. The summed E-state index contributed by atoms with van der Waals surface area (Å²) in [5.74, 6) is 0.185. The number of thiazole rings is 1. The molecular formula is C24H37N3O3S. The number of aliphatic hydroxyl groups excluding tert-OH is 2. The minimum absolute atomic E-state index is 0.0171. The molecule has 4 rings (SSSR count). The molecule has 3 aliphatic rings. The number of hydrogen-bond donors (Lipinski definition) is 4. The van der Waals surface area contributed by atoms with Gasteiger partial charge < -0.3 is 20.8 Å². The van der Waals surface area contributed by atoms with Gasteiger partial charge in [-0.2, -0.15) is 0 Å². The summed E-state index contributed by atoms with van der Waals surface area (Å²) in [5, 5.41) is 28.6. The molecule has 0 spiro atoms. The zero-order valence-corrected chi connectivity index (χ0v) is 19.6. The summed E-state index contributed by atoms with van der Waals surface area (Å²) in [6.45, 7) is 8.64. The Balaban J connectivity index is 1.68. The molecule has 1 heterocycles. The minimum Gasteiger partial charge on any atom is -0.396 e. The Morgan fingerprint density at radius 2 is 2.06 bits per heavy atom. The molecule has 3 aliphatic carbocycles. The third kappa shape index (κ3) is 4.05. The van der Waals surface area contributed by atoms with E-state index >= 15 is 0 Å². The van der Waals surface area contributed by atoms with Crippen molar-refractivity contribution in [3.63, 3.8) is 0 Å². The first kappa shape index (κ1) is 22.7. The number of carbonyl (C=O) groups is 1. The number of carbonyl (C=O) groups excluding carboxylic acids is 1. The fraction of sp³-hybridized carbons (Fsp3) is 0.750. The van der Waals surface area contributed by atoms with Crippen molar-refractivity contribution in [2.45, 2.75) is 83.3 Å². The quantitative estimate of drug-likeness (QED) is 0.479. The molecule has 5 unspecified atom stereocenters. The van der Waals surface area contributed by atoms with Crippen LogP contribution in [-0.4, -0.2) is 46.4 Å². The van der Waals surface area contributed by atoms with Crippen LogP contribution in [0.5, 0.6) is 0 Å². The molecule has 0 aliphatic heterocycles. The van der Waals surface area contributed by atoms with Crippen molar-refractivity contribution in [1.82, 2.24) is 10.3 Å². The van der Waals surface area contributed by atoms with Gasteiger partial charge in [0.05, 0.1) is 18.4 Å². The third-order valence-corrected chi connectivity index (χ3v) is 9.45. The zero-order valence-electron chi connectivity index (χ0n) is 18.8. The molecule has 31 heavy (non-hydrogen) atoms. The van der Waals surface area contributed by atoms with Crippen LogP contribution in [0.15, 0.2) is 12.7 Å². The molecule has 1 amide bonds. The number of hydrogen-bond acceptors (Lipinski definition) is 6. The van der Waals surface area contributed by atoms with Gasteiger partial charge in [0.2, 0.25) is 5.91 Å². The van der Waals surface area contributed by atoms with Crippen molar-refractivity contribution in [1.29, 1.82) is 0 Å². The molecule has 1 aromatic rings. The van der Waals surface area contributed by atoms with Crippen LogP contribution in [0.1, 0.15) is 75.3 Å². The summed E-state index contributed by atoms with van der Waals surface area (Å²) in [7, 11) is 0. The molecule has 1 aromatic heterocycles. The predicted molar refractivity (Wildman–Crippen MR) is 124 cm³/mol. The van der Waals surface area contributed by atoms with Gasteiger partial charge in [-0.3, -0.25) is 4.79 Å². The molecule has 0 aromatic carbocycles. The summed E-state index contributed by atoms with van der Waals surface area (Å²) < 4.78 is 0. The van der Waals surface area contributed by atoms with Crippen molar-refractivity contribution >= 4 is 22.4 Å². The van der Waals surface area contributed by atoms with Crippen LogP contribution in [0.2, 0.25) is 0 Å². The van der Waals surface area contributed by atoms with E-state index in [1.807, 2.05) is 13.0 Å². The van der Waals surface area contributed by atoms with Crippen molar-refractivity contribution in [2.75, 3.05) is 18.5 Å². The first-order valence-electron chi connectivity index (χ1n) is 11.7. The predicted octanol–water partition coefficient (Wildman–Crippen LogP) is 3.61. The van der Waals surface area contributed by atoms with Crippen LogP contribution in [0.4, 0.5) is 5.13 Å². The highest BCUT2D eigenvalue weighted by Gasteiger charge is 2.59. The Hall–Kier alpha value is -1.44. The van der Waals surface area contributed by atoms with Crippen LogP contribution < -0.4 is 10.6 Å². The molecule has 0 saturated heterocycles. The number of amides is 1. The first-order valence-corrected chi connectivity index (χ1v) is 12.6. The standard InChI is InChI=1S/C24H37N3O3S/c1-4-11-25-22-27-21-16(12-20(30)26-15-7-5-6-8-15)23(2)10-9-19(29)24(3,14-28)18(23)13-17(21)31-22/h4,15-16,18-19,28-29H,1,5-14H2,2-3H3,(H,25,27)(H,26,30). The van der Waals surface area contributed by atoms with E-state index < -0.39 is 11.5 Å². The Morgan fingerprint density at radius 1 is 1.32 bits per heavy atom. The van der Waals surface area contributed by atoms with Crippen molar-refractivity contribution < 1.29 is 15.0 Å². The maximum atomic E-state index is 13.1. The molecule has 0 radical (unpaired) electrons. The van der Waals surface area contributed by atoms with E-state index in [9.17, 15) is 15.0 Å². The molecular weight excluding hydrogens is 410 g/mol. The van der Waals surface area contributed by atoms with Gasteiger partial charge in [0.1, 0.15) is 0 Å². The summed E-state index contributed by atoms with van der Waals surface area (Å²) >= 11 is 1.64. The molecule has 5 atom stereocenters. The second-order valence-electron chi connectivity index (χ2n) is 10.3. The molecule has 0 bridgehead atoms. The van der Waals surface area contributed by atoms with Crippen LogP contribution >= 0.6 is 11.3 Å². The largest absolute Gasteiger partial charge is 0.396 e. The van der Waals surface area contributed by atoms with E-state index in [1.54, 1.807) is 11.3 Å². The topological polar surface area (TPSA) is 94.5 Å². The van der Waals surface area contributed by atoms with Crippen LogP contribution in [0, 0.1) is 16.7 Å². The van der Waals surface area contributed by atoms with Crippen molar-refractivity contribution in [2.24, 2.45) is 16.7 Å². The average Bonchev–Trinajstić information content (AvgIpc) is 3.40. The monoisotopic (exact) mass is 447 g/mol. The van der Waals surface area contributed by atoms with E-state index in [0.29, 0.717) is 25.4 Å². The Kier molecular flexibility index (Phi) is 6.48. The van der Waals surface area contributed by atoms with Gasteiger partial charge in [-0.15, -0.1) is 17.9 Å². The summed E-state index contributed by atoms with van der Waals surface area (Å²) in [4.78, 5) is 19.2. The zero-order chi connectivity index (χ0) is 22.2. The van der Waals surface area contributed by atoms with E-state index in [2.05, 4.69) is 24.1 Å². The van der Waals surface area contributed by atoms with Gasteiger partial charge in [-0.05, 0) is 43.4 Å². The van der Waals surface area contributed by atoms with Gasteiger partial charge in [-0.1, -0.05) is 32.8 Å². The number of nitrogens with one attached hydrogen (secondary N) is 2. The highest BCUT2D eigenvalue weighted by molar-refractivity contribution is 7.15. The van der Waals surface area contributed by atoms with Crippen LogP contribution in [0.25, 0.3) is 0 Å². The lowest BCUT2D eigenvalue weighted by Gasteiger charge is -2.58. The highest BCUT2D eigenvalue weighted by Crippen LogP contribution is 2.62. The molecule has 7 heteroatoms. The smallest absolute Gasteiger partial charge is 0.220 e. The second kappa shape index (κ2) is 8.83. The SMILES string of the molecule is C=CCNc1nc2c(s1)CC1C(C)(CO)C(O)CCC1(C)C2CC(=O)NC1CCCC1. The molecule has 172 valence electrons. The maximum absolute atomic E-state index is 13.1. The number of aliphatic hydroxyl groups is 2. The lowest BCUT2D eigenvalue weighted by Crippen LogP contribution is -2.57. The van der Waals surface area contributed by atoms with Crippen molar-refractivity contribution in [3.8, 4) is 0 Å². The summed E-state index contributed by atoms with van der Waals surface area (Å²) in [6, 6.07) is 0.301. The van der Waals surface area contributed by atoms with Crippen LogP contribution in [-0.2, 0) is 11.2 Å². The van der Waals surface area contributed by atoms with E-state index in [4.69, 9.17) is 4.98 Å². The number of nitrogens with zero attached hydrogens (tertiary/aromatic N) is 1. The third-order valence-electron chi connectivity index (χ3n) is 8.40. The van der Waals surface area contributed by atoms with Gasteiger partial charge in [0.15, 0.2) is 5.13 Å². The fourth-order valence-corrected chi connectivity index (χ4v) is 7.50. The van der Waals surface area contributed by atoms with Crippen LogP contribution in [0.3, 0.4) is 0 Å². The maximum Gasteiger partial charge on any atom is 0.220 e. The number of fused-ring (bicyclic) bond motifs is 2. The Morgan fingerprint density at radius 3 is 2.74 bits per heavy atom. The first-order chi connectivity index (χ1) is 14.8. The number of aromatic nitrogens is 1. The molecule has 4 N–H and O–H groups in total. The average molecular weight is 448 g/mol. The normalized spacial score (nSPS) is 35.3. The highest BCUT2D eigenvalue weighted by atomic mass is 32.1. The second-order valence-corrected chi connectivity index (χ2v) is 11.4. The molecule has 6 nitrogen and oxygen atoms in total. The Labute approximate surface area is 189 Å². The lowest BCUT2D eigenvalue weighted by atomic mass is 9.47. The number of anilines is 1. The molecule has 2 saturated carbocycles. The number of rotatable bonds is 7. The minimum atomic E-state index is -0.580. The van der Waals surface area contributed by atoms with E-state index in [0.717, 1.165) is 36.5 Å². The Bertz CT molecular complexity index is 821. The summed E-state index contributed by atoms with van der Waals surface area (Å²) in [5.41, 5.74) is 0.262. The van der Waals surface area contributed by atoms with Gasteiger partial charge in [0, 0.05) is 35.2 Å². The van der Waals surface area contributed by atoms with E-state index in [-0.39, 0.29) is 29.8 Å². The fourth-order valence-electron chi connectivity index (χ4n) is 6.42.